The monoisotopic (exact) mass is 174 g/mol. The number of piperazine rings is 1. The molecule has 5 heteroatoms. The van der Waals surface area contributed by atoms with Gasteiger partial charge in [-0.05, 0) is 6.42 Å². The Kier molecular flexibility index (Phi) is 6.41. The van der Waals surface area contributed by atoms with E-state index in [-0.39, 0.29) is 0 Å². The first-order chi connectivity index (χ1) is 5.66. The molecule has 1 aliphatic rings. The molecule has 1 rings (SSSR count). The van der Waals surface area contributed by atoms with Crippen molar-refractivity contribution in [3.05, 3.63) is 0 Å². The highest BCUT2D eigenvalue weighted by Crippen LogP contribution is 1.90. The molecule has 0 aromatic rings. The maximum Gasteiger partial charge on any atom is 0.309 e. The number of carbonyl (C=O) groups is 1. The summed E-state index contributed by atoms with van der Waals surface area (Å²) < 4.78 is 0. The van der Waals surface area contributed by atoms with Crippen molar-refractivity contribution in [3.8, 4) is 0 Å². The lowest BCUT2D eigenvalue weighted by atomic mass is 10.2. The van der Waals surface area contributed by atoms with Crippen LogP contribution < -0.4 is 22.1 Å². The Morgan fingerprint density at radius 1 is 1.50 bits per heavy atom. The van der Waals surface area contributed by atoms with Crippen LogP contribution in [-0.2, 0) is 0 Å². The zero-order chi connectivity index (χ0) is 9.40. The first-order valence-corrected chi connectivity index (χ1v) is 4.15. The van der Waals surface area contributed by atoms with Crippen molar-refractivity contribution in [3.63, 3.8) is 0 Å². The minimum absolute atomic E-state index is 0.726. The molecule has 1 aliphatic heterocycles. The summed E-state index contributed by atoms with van der Waals surface area (Å²) in [6, 6.07) is -0.108. The second-order valence-corrected chi connectivity index (χ2v) is 2.67. The molecular formula is C7H18N4O. The number of urea groups is 1. The van der Waals surface area contributed by atoms with Crippen LogP contribution in [0.1, 0.15) is 13.3 Å². The molecule has 2 amide bonds. The standard InChI is InChI=1S/C6H14N2.CH4N2O/c1-2-6-5-7-3-4-8-6;2-1(3)4/h6-8H,2-5H2,1H3;(H4,2,3,4). The van der Waals surface area contributed by atoms with Crippen LogP contribution in [0.2, 0.25) is 0 Å². The lowest BCUT2D eigenvalue weighted by Crippen LogP contribution is -2.47. The molecular weight excluding hydrogens is 156 g/mol. The zero-order valence-corrected chi connectivity index (χ0v) is 7.47. The van der Waals surface area contributed by atoms with Crippen molar-refractivity contribution in [2.24, 2.45) is 11.5 Å². The third kappa shape index (κ3) is 7.30. The molecule has 0 saturated carbocycles. The first kappa shape index (κ1) is 11.2. The van der Waals surface area contributed by atoms with Gasteiger partial charge in [0.25, 0.3) is 0 Å². The predicted octanol–water partition coefficient (Wildman–Crippen LogP) is -1.02. The van der Waals surface area contributed by atoms with Crippen LogP contribution in [0.5, 0.6) is 0 Å². The highest BCUT2D eigenvalue weighted by atomic mass is 16.2. The molecule has 1 fully saturated rings. The zero-order valence-electron chi connectivity index (χ0n) is 7.47. The van der Waals surface area contributed by atoms with Crippen molar-refractivity contribution in [2.45, 2.75) is 19.4 Å². The molecule has 0 bridgehead atoms. The van der Waals surface area contributed by atoms with E-state index in [0.717, 1.165) is 25.7 Å². The maximum atomic E-state index is 9.00. The molecule has 72 valence electrons. The van der Waals surface area contributed by atoms with Crippen LogP contribution in [0.15, 0.2) is 0 Å². The molecule has 0 aromatic heterocycles. The summed E-state index contributed by atoms with van der Waals surface area (Å²) in [4.78, 5) is 9.00. The minimum Gasteiger partial charge on any atom is -0.352 e. The van der Waals surface area contributed by atoms with E-state index in [4.69, 9.17) is 4.79 Å². The summed E-state index contributed by atoms with van der Waals surface area (Å²) in [7, 11) is 0. The number of hydrogen-bond acceptors (Lipinski definition) is 3. The van der Waals surface area contributed by atoms with Gasteiger partial charge in [-0.2, -0.15) is 0 Å². The predicted molar refractivity (Wildman–Crippen MR) is 48.7 cm³/mol. The van der Waals surface area contributed by atoms with E-state index in [0.29, 0.717) is 0 Å². The SMILES string of the molecule is CCC1CNCCN1.NC(N)=O. The third-order valence-electron chi connectivity index (χ3n) is 1.62. The van der Waals surface area contributed by atoms with Gasteiger partial charge in [0.2, 0.25) is 0 Å². The second kappa shape index (κ2) is 6.87. The molecule has 1 saturated heterocycles. The Balaban J connectivity index is 0.000000261. The number of rotatable bonds is 1. The lowest BCUT2D eigenvalue weighted by molar-refractivity contribution is 0.256. The molecule has 1 unspecified atom stereocenters. The molecule has 0 aliphatic carbocycles. The Labute approximate surface area is 72.9 Å². The van der Waals surface area contributed by atoms with Crippen LogP contribution in [0.25, 0.3) is 0 Å². The van der Waals surface area contributed by atoms with E-state index in [9.17, 15) is 0 Å². The lowest BCUT2D eigenvalue weighted by Gasteiger charge is -2.22. The summed E-state index contributed by atoms with van der Waals surface area (Å²) in [5, 5.41) is 6.73. The summed E-state index contributed by atoms with van der Waals surface area (Å²) in [5.74, 6) is 0. The number of nitrogens with two attached hydrogens (primary N) is 2. The van der Waals surface area contributed by atoms with Crippen LogP contribution in [0.4, 0.5) is 4.79 Å². The molecule has 0 aromatic carbocycles. The van der Waals surface area contributed by atoms with Crippen molar-refractivity contribution in [2.75, 3.05) is 19.6 Å². The van der Waals surface area contributed by atoms with Gasteiger partial charge < -0.3 is 22.1 Å². The minimum atomic E-state index is -0.833. The fourth-order valence-corrected chi connectivity index (χ4v) is 1.00. The topological polar surface area (TPSA) is 93.2 Å². The van der Waals surface area contributed by atoms with Gasteiger partial charge in [0.15, 0.2) is 0 Å². The number of carbonyl (C=O) groups excluding carboxylic acids is 1. The van der Waals surface area contributed by atoms with E-state index >= 15 is 0 Å². The molecule has 0 radical (unpaired) electrons. The number of nitrogens with one attached hydrogen (secondary N) is 2. The molecule has 12 heavy (non-hydrogen) atoms. The second-order valence-electron chi connectivity index (χ2n) is 2.67. The fourth-order valence-electron chi connectivity index (χ4n) is 1.00. The molecule has 0 spiro atoms. The quantitative estimate of drug-likeness (QED) is 0.410. The van der Waals surface area contributed by atoms with E-state index in [1.807, 2.05) is 0 Å². The van der Waals surface area contributed by atoms with Gasteiger partial charge in [0.1, 0.15) is 0 Å². The first-order valence-electron chi connectivity index (χ1n) is 4.15. The van der Waals surface area contributed by atoms with Gasteiger partial charge in [-0.15, -0.1) is 0 Å². The summed E-state index contributed by atoms with van der Waals surface area (Å²) in [5.41, 5.74) is 8.50. The van der Waals surface area contributed by atoms with Gasteiger partial charge in [0, 0.05) is 25.7 Å². The highest BCUT2D eigenvalue weighted by molar-refractivity contribution is 5.69. The smallest absolute Gasteiger partial charge is 0.309 e. The summed E-state index contributed by atoms with van der Waals surface area (Å²) in [6.45, 7) is 5.64. The summed E-state index contributed by atoms with van der Waals surface area (Å²) >= 11 is 0. The number of hydrogen-bond donors (Lipinski definition) is 4. The van der Waals surface area contributed by atoms with E-state index < -0.39 is 6.03 Å². The van der Waals surface area contributed by atoms with Crippen molar-refractivity contribution < 1.29 is 4.79 Å². The average molecular weight is 174 g/mol. The van der Waals surface area contributed by atoms with Crippen molar-refractivity contribution in [1.82, 2.24) is 10.6 Å². The van der Waals surface area contributed by atoms with Crippen molar-refractivity contribution >= 4 is 6.03 Å². The van der Waals surface area contributed by atoms with Crippen LogP contribution in [0.3, 0.4) is 0 Å². The maximum absolute atomic E-state index is 9.00. The van der Waals surface area contributed by atoms with Crippen molar-refractivity contribution in [1.29, 1.82) is 0 Å². The number of primary amides is 2. The van der Waals surface area contributed by atoms with Crippen LogP contribution in [-0.4, -0.2) is 31.7 Å². The Morgan fingerprint density at radius 2 is 2.08 bits per heavy atom. The Hall–Kier alpha value is -0.810. The third-order valence-corrected chi connectivity index (χ3v) is 1.62. The highest BCUT2D eigenvalue weighted by Gasteiger charge is 2.07. The van der Waals surface area contributed by atoms with Crippen LogP contribution in [0, 0.1) is 0 Å². The fraction of sp³-hybridized carbons (Fsp3) is 0.857. The molecule has 5 nitrogen and oxygen atoms in total. The van der Waals surface area contributed by atoms with E-state index in [2.05, 4.69) is 29.0 Å². The number of amides is 2. The Bertz CT molecular complexity index is 119. The average Bonchev–Trinajstić information content (AvgIpc) is 2.05. The van der Waals surface area contributed by atoms with Gasteiger partial charge in [-0.25, -0.2) is 4.79 Å². The van der Waals surface area contributed by atoms with Gasteiger partial charge >= 0.3 is 6.03 Å². The molecule has 1 heterocycles. The normalized spacial score (nSPS) is 22.2. The molecule has 6 N–H and O–H groups in total. The van der Waals surface area contributed by atoms with Gasteiger partial charge in [0.05, 0.1) is 0 Å². The molecule has 1 atom stereocenters. The van der Waals surface area contributed by atoms with E-state index in [1.54, 1.807) is 0 Å². The van der Waals surface area contributed by atoms with Gasteiger partial charge in [-0.3, -0.25) is 0 Å². The largest absolute Gasteiger partial charge is 0.352 e. The van der Waals surface area contributed by atoms with Crippen LogP contribution >= 0.6 is 0 Å². The van der Waals surface area contributed by atoms with E-state index in [1.165, 1.54) is 6.42 Å². The Morgan fingerprint density at radius 3 is 2.33 bits per heavy atom. The summed E-state index contributed by atoms with van der Waals surface area (Å²) in [6.07, 6.45) is 1.24. The van der Waals surface area contributed by atoms with Gasteiger partial charge in [-0.1, -0.05) is 6.92 Å².